The molecule has 2 atom stereocenters. The van der Waals surface area contributed by atoms with Crippen LogP contribution in [0.3, 0.4) is 0 Å². The van der Waals surface area contributed by atoms with E-state index in [0.29, 0.717) is 13.0 Å². The molecule has 0 amide bonds. The molecule has 0 rings (SSSR count). The average molecular weight is 778 g/mol. The fraction of sp³-hybridized carbons (Fsp3) is 0.851. The zero-order valence-corrected chi connectivity index (χ0v) is 36.6. The quantitative estimate of drug-likeness (QED) is 0.0263. The second-order valence-corrected chi connectivity index (χ2v) is 15.4. The first-order chi connectivity index (χ1) is 26.9. The Labute approximate surface area is 339 Å². The number of hydrogen-bond donors (Lipinski definition) is 0. The average Bonchev–Trinajstić information content (AvgIpc) is 3.19. The number of ether oxygens (including phenoxy) is 4. The second-order valence-electron chi connectivity index (χ2n) is 15.4. The van der Waals surface area contributed by atoms with Gasteiger partial charge in [-0.25, -0.2) is 4.79 Å². The third kappa shape index (κ3) is 35.8. The zero-order chi connectivity index (χ0) is 40.5. The minimum Gasteiger partial charge on any atom is -0.465 e. The molecule has 8 nitrogen and oxygen atoms in total. The van der Waals surface area contributed by atoms with Crippen LogP contribution in [0, 0.1) is 11.8 Å². The molecule has 0 N–H and O–H groups in total. The Morgan fingerprint density at radius 1 is 0.509 bits per heavy atom. The number of hydrogen-bond acceptors (Lipinski definition) is 8. The summed E-state index contributed by atoms with van der Waals surface area (Å²) in [5, 5.41) is 0. The Bertz CT molecular complexity index is 932. The summed E-state index contributed by atoms with van der Waals surface area (Å²) in [5.41, 5.74) is 0. The first kappa shape index (κ1) is 52.6. The number of rotatable bonds is 40. The van der Waals surface area contributed by atoms with Crippen LogP contribution in [0.5, 0.6) is 0 Å². The first-order valence-electron chi connectivity index (χ1n) is 23.1. The minimum atomic E-state index is -0.760. The number of carbonyl (C=O) groups excluding carboxylic acids is 3. The number of esters is 2. The highest BCUT2D eigenvalue weighted by Crippen LogP contribution is 2.21. The summed E-state index contributed by atoms with van der Waals surface area (Å²) in [7, 11) is 0. The van der Waals surface area contributed by atoms with Crippen LogP contribution in [0.2, 0.25) is 0 Å². The van der Waals surface area contributed by atoms with Crippen molar-refractivity contribution < 1.29 is 33.3 Å². The molecule has 0 aromatic rings. The van der Waals surface area contributed by atoms with Crippen molar-refractivity contribution in [3.05, 3.63) is 24.3 Å². The summed E-state index contributed by atoms with van der Waals surface area (Å²) in [6.07, 6.45) is 36.9. The van der Waals surface area contributed by atoms with Crippen molar-refractivity contribution in [3.8, 4) is 0 Å². The van der Waals surface area contributed by atoms with E-state index in [-0.39, 0.29) is 44.3 Å². The highest BCUT2D eigenvalue weighted by molar-refractivity contribution is 5.72. The molecule has 322 valence electrons. The van der Waals surface area contributed by atoms with Crippen molar-refractivity contribution in [2.45, 2.75) is 202 Å². The molecule has 0 saturated carbocycles. The summed E-state index contributed by atoms with van der Waals surface area (Å²) < 4.78 is 22.2. The van der Waals surface area contributed by atoms with Crippen LogP contribution >= 0.6 is 0 Å². The van der Waals surface area contributed by atoms with Gasteiger partial charge >= 0.3 is 18.1 Å². The Hall–Kier alpha value is -2.35. The van der Waals surface area contributed by atoms with Crippen molar-refractivity contribution in [1.82, 2.24) is 4.90 Å². The van der Waals surface area contributed by atoms with Gasteiger partial charge in [-0.1, -0.05) is 168 Å². The highest BCUT2D eigenvalue weighted by Gasteiger charge is 2.23. The van der Waals surface area contributed by atoms with E-state index < -0.39 is 12.1 Å². The number of allylic oxidation sites excluding steroid dienone is 4. The molecule has 0 saturated heterocycles. The van der Waals surface area contributed by atoms with Gasteiger partial charge in [-0.3, -0.25) is 9.59 Å². The van der Waals surface area contributed by atoms with Crippen LogP contribution in [0.25, 0.3) is 0 Å². The third-order valence-electron chi connectivity index (χ3n) is 10.4. The van der Waals surface area contributed by atoms with E-state index in [0.717, 1.165) is 96.6 Å². The summed E-state index contributed by atoms with van der Waals surface area (Å²) in [6.45, 7) is 13.4. The van der Waals surface area contributed by atoms with Crippen molar-refractivity contribution >= 4 is 18.1 Å². The molecule has 55 heavy (non-hydrogen) atoms. The van der Waals surface area contributed by atoms with Gasteiger partial charge in [0, 0.05) is 13.0 Å². The molecule has 0 aromatic carbocycles. The van der Waals surface area contributed by atoms with E-state index in [2.05, 4.69) is 63.8 Å². The molecular formula is C47H87NO7. The number of unbranched alkanes of at least 4 members (excludes halogenated alkanes) is 18. The third-order valence-corrected chi connectivity index (χ3v) is 10.4. The SMILES string of the molecule is CCCCCC=CCC=CCCCCCCCC(=O)OCC(COC(=O)OCCN(CC)CC)COC(=O)C(CCCCCCC)CCCCCCCCC. The fourth-order valence-electron chi connectivity index (χ4n) is 6.57. The predicted octanol–water partition coefficient (Wildman–Crippen LogP) is 13.1. The Kier molecular flexibility index (Phi) is 39.5. The van der Waals surface area contributed by atoms with Gasteiger partial charge in [-0.2, -0.15) is 0 Å². The van der Waals surface area contributed by atoms with Gasteiger partial charge in [-0.15, -0.1) is 0 Å². The maximum absolute atomic E-state index is 13.4. The lowest BCUT2D eigenvalue weighted by Gasteiger charge is -2.21. The molecule has 0 fully saturated rings. The van der Waals surface area contributed by atoms with E-state index in [4.69, 9.17) is 18.9 Å². The van der Waals surface area contributed by atoms with Crippen molar-refractivity contribution in [1.29, 1.82) is 0 Å². The normalized spacial score (nSPS) is 12.8. The van der Waals surface area contributed by atoms with Crippen molar-refractivity contribution in [3.63, 3.8) is 0 Å². The van der Waals surface area contributed by atoms with Crippen LogP contribution in [-0.2, 0) is 28.5 Å². The largest absolute Gasteiger partial charge is 0.508 e. The van der Waals surface area contributed by atoms with E-state index in [1.54, 1.807) is 0 Å². The molecule has 8 heteroatoms. The summed E-state index contributed by atoms with van der Waals surface area (Å²) >= 11 is 0. The standard InChI is InChI=1S/C47H87NO7/c1-6-11-14-17-19-20-21-22-23-24-25-26-28-31-34-37-45(49)53-40-43(42-55-47(51)52-39-38-48(9-4)10-5)41-54-46(50)44(35-32-29-16-13-8-3)36-33-30-27-18-15-12-7-2/h19-20,22-23,43-44H,6-18,21,24-42H2,1-5H3. The lowest BCUT2D eigenvalue weighted by atomic mass is 9.94. The van der Waals surface area contributed by atoms with Gasteiger partial charge in [0.05, 0.1) is 11.8 Å². The monoisotopic (exact) mass is 778 g/mol. The molecule has 0 aliphatic rings. The lowest BCUT2D eigenvalue weighted by Crippen LogP contribution is -2.30. The zero-order valence-electron chi connectivity index (χ0n) is 36.6. The maximum atomic E-state index is 13.4. The summed E-state index contributed by atoms with van der Waals surface area (Å²) in [5.74, 6) is -1.06. The summed E-state index contributed by atoms with van der Waals surface area (Å²) in [4.78, 5) is 40.6. The van der Waals surface area contributed by atoms with Gasteiger partial charge in [-0.05, 0) is 64.5 Å². The fourth-order valence-corrected chi connectivity index (χ4v) is 6.57. The highest BCUT2D eigenvalue weighted by atomic mass is 16.7. The molecule has 0 aromatic heterocycles. The van der Waals surface area contributed by atoms with E-state index in [9.17, 15) is 14.4 Å². The number of nitrogens with zero attached hydrogens (tertiary/aromatic N) is 1. The summed E-state index contributed by atoms with van der Waals surface area (Å²) in [6, 6.07) is 0. The molecular weight excluding hydrogens is 691 g/mol. The van der Waals surface area contributed by atoms with Gasteiger partial charge in [0.1, 0.15) is 26.4 Å². The van der Waals surface area contributed by atoms with Gasteiger partial charge in [0.2, 0.25) is 0 Å². The number of likely N-dealkylation sites (N-methyl/N-ethyl adjacent to an activating group) is 1. The van der Waals surface area contributed by atoms with E-state index >= 15 is 0 Å². The van der Waals surface area contributed by atoms with Crippen LogP contribution in [0.4, 0.5) is 4.79 Å². The van der Waals surface area contributed by atoms with E-state index in [1.807, 2.05) is 0 Å². The van der Waals surface area contributed by atoms with Crippen LogP contribution < -0.4 is 0 Å². The Morgan fingerprint density at radius 3 is 1.56 bits per heavy atom. The smallest absolute Gasteiger partial charge is 0.465 e. The molecule has 0 spiro atoms. The minimum absolute atomic E-state index is 0.0263. The van der Waals surface area contributed by atoms with Gasteiger partial charge in [0.15, 0.2) is 0 Å². The van der Waals surface area contributed by atoms with Crippen molar-refractivity contribution in [2.75, 3.05) is 46.1 Å². The molecule has 0 radical (unpaired) electrons. The Balaban J connectivity index is 4.86. The predicted molar refractivity (Wildman–Crippen MR) is 229 cm³/mol. The molecule has 0 heterocycles. The molecule has 2 unspecified atom stereocenters. The van der Waals surface area contributed by atoms with Crippen LogP contribution in [0.15, 0.2) is 24.3 Å². The lowest BCUT2D eigenvalue weighted by molar-refractivity contribution is -0.153. The van der Waals surface area contributed by atoms with Gasteiger partial charge in [0.25, 0.3) is 0 Å². The van der Waals surface area contributed by atoms with Crippen molar-refractivity contribution in [2.24, 2.45) is 11.8 Å². The number of carbonyl (C=O) groups is 3. The molecule has 0 aliphatic carbocycles. The van der Waals surface area contributed by atoms with Crippen LogP contribution in [0.1, 0.15) is 202 Å². The molecule has 0 aliphatic heterocycles. The van der Waals surface area contributed by atoms with Gasteiger partial charge < -0.3 is 23.8 Å². The maximum Gasteiger partial charge on any atom is 0.508 e. The Morgan fingerprint density at radius 2 is 0.982 bits per heavy atom. The second kappa shape index (κ2) is 41.3. The topological polar surface area (TPSA) is 91.4 Å². The first-order valence-corrected chi connectivity index (χ1v) is 23.1. The molecule has 0 bridgehead atoms. The van der Waals surface area contributed by atoms with E-state index in [1.165, 1.54) is 77.0 Å². The van der Waals surface area contributed by atoms with Crippen LogP contribution in [-0.4, -0.2) is 69.1 Å².